The van der Waals surface area contributed by atoms with Crippen LogP contribution in [0.2, 0.25) is 0 Å². The highest BCUT2D eigenvalue weighted by molar-refractivity contribution is 7.82. The molecule has 2 aromatic carbocycles. The van der Waals surface area contributed by atoms with Crippen molar-refractivity contribution in [1.82, 2.24) is 9.62 Å². The number of fused-ring (bicyclic) bond motifs is 1. The third kappa shape index (κ3) is 3.34. The Morgan fingerprint density at radius 3 is 2.67 bits per heavy atom. The van der Waals surface area contributed by atoms with Crippen LogP contribution in [0.3, 0.4) is 0 Å². The molecule has 0 saturated carbocycles. The first-order valence-electron chi connectivity index (χ1n) is 7.57. The van der Waals surface area contributed by atoms with Gasteiger partial charge in [0.15, 0.2) is 0 Å². The maximum Gasteiger partial charge on any atom is 0.127 e. The molecule has 3 nitrogen and oxygen atoms in total. The quantitative estimate of drug-likeness (QED) is 0.942. The smallest absolute Gasteiger partial charge is 0.127 e. The lowest BCUT2D eigenvalue weighted by Gasteiger charge is -2.27. The van der Waals surface area contributed by atoms with Crippen LogP contribution in [0.4, 0.5) is 0 Å². The zero-order chi connectivity index (χ0) is 14.7. The van der Waals surface area contributed by atoms with E-state index < -0.39 is 11.0 Å². The molecule has 1 unspecified atom stereocenters. The van der Waals surface area contributed by atoms with Gasteiger partial charge in [-0.05, 0) is 48.7 Å². The van der Waals surface area contributed by atoms with E-state index in [0.29, 0.717) is 5.92 Å². The largest absolute Gasteiger partial charge is 0.317 e. The fourth-order valence-corrected chi connectivity index (χ4v) is 4.26. The van der Waals surface area contributed by atoms with Crippen molar-refractivity contribution in [1.29, 1.82) is 0 Å². The lowest BCUT2D eigenvalue weighted by atomic mass is 9.98. The van der Waals surface area contributed by atoms with Gasteiger partial charge in [-0.3, -0.25) is 0 Å². The van der Waals surface area contributed by atoms with Gasteiger partial charge in [0.1, 0.15) is 11.0 Å². The van der Waals surface area contributed by atoms with Crippen LogP contribution in [0.5, 0.6) is 0 Å². The topological polar surface area (TPSA) is 32.3 Å². The molecule has 1 heterocycles. The predicted molar refractivity (Wildman–Crippen MR) is 88.6 cm³/mol. The van der Waals surface area contributed by atoms with E-state index in [2.05, 4.69) is 23.5 Å². The number of nitrogens with one attached hydrogen (secondary N) is 1. The first kappa shape index (κ1) is 14.7. The summed E-state index contributed by atoms with van der Waals surface area (Å²) in [6.07, 6.45) is 2.36. The van der Waals surface area contributed by atoms with Crippen LogP contribution in [0, 0.1) is 5.92 Å². The van der Waals surface area contributed by atoms with Gasteiger partial charge in [0.2, 0.25) is 0 Å². The molecule has 0 aromatic heterocycles. The Labute approximate surface area is 128 Å². The van der Waals surface area contributed by atoms with Crippen molar-refractivity contribution in [2.75, 3.05) is 26.7 Å². The van der Waals surface area contributed by atoms with Gasteiger partial charge in [-0.15, -0.1) is 0 Å². The Kier molecular flexibility index (Phi) is 4.68. The SMILES string of the molecule is CN(CC1CCNCC1)S(=O)c1cccc2ccccc12. The van der Waals surface area contributed by atoms with Gasteiger partial charge in [-0.2, -0.15) is 0 Å². The zero-order valence-corrected chi connectivity index (χ0v) is 13.2. The molecule has 1 aliphatic heterocycles. The Hall–Kier alpha value is -1.23. The molecule has 0 spiro atoms. The molecule has 1 atom stereocenters. The van der Waals surface area contributed by atoms with Gasteiger partial charge in [-0.1, -0.05) is 36.4 Å². The molecule has 0 bridgehead atoms. The van der Waals surface area contributed by atoms with E-state index in [1.165, 1.54) is 12.8 Å². The molecular formula is C17H22N2OS. The summed E-state index contributed by atoms with van der Waals surface area (Å²) in [4.78, 5) is 0.921. The predicted octanol–water partition coefficient (Wildman–Crippen LogP) is 2.79. The second kappa shape index (κ2) is 6.69. The summed E-state index contributed by atoms with van der Waals surface area (Å²) in [6, 6.07) is 14.2. The lowest BCUT2D eigenvalue weighted by molar-refractivity contribution is 0.318. The number of hydrogen-bond acceptors (Lipinski definition) is 2. The van der Waals surface area contributed by atoms with Crippen LogP contribution in [-0.2, 0) is 11.0 Å². The first-order chi connectivity index (χ1) is 10.3. The molecule has 21 heavy (non-hydrogen) atoms. The van der Waals surface area contributed by atoms with Crippen molar-refractivity contribution in [2.45, 2.75) is 17.7 Å². The van der Waals surface area contributed by atoms with Gasteiger partial charge in [0.25, 0.3) is 0 Å². The Morgan fingerprint density at radius 2 is 1.86 bits per heavy atom. The molecule has 0 amide bonds. The average Bonchev–Trinajstić information content (AvgIpc) is 2.54. The summed E-state index contributed by atoms with van der Waals surface area (Å²) >= 11 is 0. The van der Waals surface area contributed by atoms with Gasteiger partial charge in [0, 0.05) is 13.6 Å². The molecular weight excluding hydrogens is 280 g/mol. The average molecular weight is 302 g/mol. The second-order valence-corrected chi connectivity index (χ2v) is 7.29. The van der Waals surface area contributed by atoms with E-state index in [9.17, 15) is 4.21 Å². The zero-order valence-electron chi connectivity index (χ0n) is 12.4. The summed E-state index contributed by atoms with van der Waals surface area (Å²) in [5.74, 6) is 0.648. The minimum atomic E-state index is -1.09. The highest BCUT2D eigenvalue weighted by atomic mass is 32.2. The van der Waals surface area contributed by atoms with Crippen LogP contribution in [-0.4, -0.2) is 35.2 Å². The number of nitrogens with zero attached hydrogens (tertiary/aromatic N) is 1. The third-order valence-corrected chi connectivity index (χ3v) is 5.64. The van der Waals surface area contributed by atoms with E-state index in [1.807, 2.05) is 35.6 Å². The fourth-order valence-electron chi connectivity index (χ4n) is 3.01. The summed E-state index contributed by atoms with van der Waals surface area (Å²) in [5, 5.41) is 5.62. The highest BCUT2D eigenvalue weighted by Gasteiger charge is 2.19. The first-order valence-corrected chi connectivity index (χ1v) is 8.68. The molecule has 112 valence electrons. The van der Waals surface area contributed by atoms with Crippen molar-refractivity contribution in [3.63, 3.8) is 0 Å². The molecule has 3 rings (SSSR count). The van der Waals surface area contributed by atoms with E-state index in [4.69, 9.17) is 0 Å². The summed E-state index contributed by atoms with van der Waals surface area (Å²) in [7, 11) is 0.881. The van der Waals surface area contributed by atoms with Crippen molar-refractivity contribution < 1.29 is 4.21 Å². The molecule has 0 aliphatic carbocycles. The Bertz CT molecular complexity index is 632. The van der Waals surface area contributed by atoms with Gasteiger partial charge < -0.3 is 5.32 Å². The standard InChI is InChI=1S/C17H22N2OS/c1-19(13-14-9-11-18-12-10-14)21(20)17-8-4-6-15-5-2-3-7-16(15)17/h2-8,14,18H,9-13H2,1H3. The Balaban J connectivity index is 1.79. The second-order valence-electron chi connectivity index (χ2n) is 5.73. The Morgan fingerprint density at radius 1 is 1.14 bits per heavy atom. The van der Waals surface area contributed by atoms with Crippen LogP contribution in [0.25, 0.3) is 10.8 Å². The van der Waals surface area contributed by atoms with E-state index >= 15 is 0 Å². The number of benzene rings is 2. The normalized spacial score (nSPS) is 18.2. The molecule has 1 N–H and O–H groups in total. The van der Waals surface area contributed by atoms with E-state index in [1.54, 1.807) is 0 Å². The summed E-state index contributed by atoms with van der Waals surface area (Å²) in [5.41, 5.74) is 0. The number of rotatable bonds is 4. The maximum atomic E-state index is 12.9. The van der Waals surface area contributed by atoms with Gasteiger partial charge >= 0.3 is 0 Å². The number of piperidine rings is 1. The van der Waals surface area contributed by atoms with Crippen molar-refractivity contribution in [3.8, 4) is 0 Å². The monoisotopic (exact) mass is 302 g/mol. The lowest BCUT2D eigenvalue weighted by Crippen LogP contribution is -2.35. The van der Waals surface area contributed by atoms with Crippen LogP contribution in [0.15, 0.2) is 47.4 Å². The van der Waals surface area contributed by atoms with E-state index in [0.717, 1.165) is 35.3 Å². The summed E-state index contributed by atoms with van der Waals surface area (Å²) in [6.45, 7) is 3.07. The summed E-state index contributed by atoms with van der Waals surface area (Å²) < 4.78 is 14.9. The van der Waals surface area contributed by atoms with E-state index in [-0.39, 0.29) is 0 Å². The molecule has 0 radical (unpaired) electrons. The van der Waals surface area contributed by atoms with Crippen LogP contribution < -0.4 is 5.32 Å². The fraction of sp³-hybridized carbons (Fsp3) is 0.412. The molecule has 1 fully saturated rings. The van der Waals surface area contributed by atoms with Crippen molar-refractivity contribution in [3.05, 3.63) is 42.5 Å². The number of hydrogen-bond donors (Lipinski definition) is 1. The molecule has 1 aliphatic rings. The molecule has 2 aromatic rings. The highest BCUT2D eigenvalue weighted by Crippen LogP contribution is 2.24. The van der Waals surface area contributed by atoms with Crippen molar-refractivity contribution in [2.24, 2.45) is 5.92 Å². The molecule has 4 heteroatoms. The maximum absolute atomic E-state index is 12.9. The van der Waals surface area contributed by atoms with Crippen molar-refractivity contribution >= 4 is 21.8 Å². The third-order valence-electron chi connectivity index (χ3n) is 4.19. The minimum absolute atomic E-state index is 0.648. The molecule has 1 saturated heterocycles. The minimum Gasteiger partial charge on any atom is -0.317 e. The van der Waals surface area contributed by atoms with Gasteiger partial charge in [0.05, 0.1) is 4.90 Å². The van der Waals surface area contributed by atoms with Crippen LogP contribution >= 0.6 is 0 Å². The van der Waals surface area contributed by atoms with Crippen LogP contribution in [0.1, 0.15) is 12.8 Å². The van der Waals surface area contributed by atoms with Gasteiger partial charge in [-0.25, -0.2) is 8.51 Å².